The summed E-state index contributed by atoms with van der Waals surface area (Å²) in [4.78, 5) is 27.9. The fraction of sp³-hybridized carbons (Fsp3) is 0.588. The van der Waals surface area contributed by atoms with Crippen molar-refractivity contribution in [3.63, 3.8) is 0 Å². The summed E-state index contributed by atoms with van der Waals surface area (Å²) in [6, 6.07) is 2.15. The summed E-state index contributed by atoms with van der Waals surface area (Å²) in [7, 11) is 1.37. The SMILES string of the molecule is COc1nc2c(c(N3CCCn4nc(C(=O)N5CCC(N)C5)c(Cl)c4C3)n1)COC(c1c(C(F)(F)F)ccc(N)c1F)C2.FC1CC2CCCN2C1. The minimum Gasteiger partial charge on any atom is -0.467 e. The number of halogens is 6. The van der Waals surface area contributed by atoms with E-state index < -0.39 is 41.1 Å². The topological polar surface area (TPSA) is 141 Å². The Balaban J connectivity index is 0.000000404. The molecule has 12 nitrogen and oxygen atoms in total. The van der Waals surface area contributed by atoms with Gasteiger partial charge in [0.15, 0.2) is 11.5 Å². The number of methoxy groups -OCH3 is 1. The lowest BCUT2D eigenvalue weighted by atomic mass is 9.94. The van der Waals surface area contributed by atoms with Crippen LogP contribution in [0.1, 0.15) is 76.8 Å². The highest BCUT2D eigenvalue weighted by Gasteiger charge is 2.40. The zero-order valence-corrected chi connectivity index (χ0v) is 29.4. The molecule has 1 aromatic carbocycles. The van der Waals surface area contributed by atoms with Gasteiger partial charge in [-0.1, -0.05) is 11.6 Å². The van der Waals surface area contributed by atoms with Gasteiger partial charge in [-0.3, -0.25) is 14.4 Å². The van der Waals surface area contributed by atoms with Crippen molar-refractivity contribution in [3.05, 3.63) is 56.7 Å². The maximum Gasteiger partial charge on any atom is 0.416 e. The molecular weight excluding hydrogens is 713 g/mol. The van der Waals surface area contributed by atoms with Crippen LogP contribution >= 0.6 is 11.6 Å². The van der Waals surface area contributed by atoms with Crippen LogP contribution in [-0.2, 0) is 37.0 Å². The van der Waals surface area contributed by atoms with Gasteiger partial charge in [-0.15, -0.1) is 0 Å². The Labute approximate surface area is 302 Å². The van der Waals surface area contributed by atoms with Crippen molar-refractivity contribution in [2.24, 2.45) is 5.73 Å². The molecule has 8 rings (SSSR count). The van der Waals surface area contributed by atoms with Crippen molar-refractivity contribution >= 4 is 29.0 Å². The van der Waals surface area contributed by atoms with E-state index in [4.69, 9.17) is 32.5 Å². The fourth-order valence-electron chi connectivity index (χ4n) is 7.89. The standard InChI is InChI=1S/C27H29ClF4N8O3.C7H12FN/c1-42-26-35-17-9-19(20-15(27(30,31)32)3-4-16(34)22(20)29)43-12-14(17)24(36-26)38-6-2-7-40-18(11-38)21(28)23(37-40)25(41)39-8-5-13(33)10-39;8-6-4-7-2-1-3-9(7)5-6/h3-4,13,19H,2,5-12,33-34H2,1H3;6-7H,1-5H2. The average Bonchev–Trinajstić information content (AvgIpc) is 3.86. The molecule has 0 bridgehead atoms. The summed E-state index contributed by atoms with van der Waals surface area (Å²) >= 11 is 6.74. The number of hydrogen-bond donors (Lipinski definition) is 2. The number of nitrogens with two attached hydrogens (primary N) is 2. The number of aryl methyl sites for hydroxylation is 1. The number of carbonyl (C=O) groups is 1. The molecule has 18 heteroatoms. The van der Waals surface area contributed by atoms with Gasteiger partial charge in [0.1, 0.15) is 12.0 Å². The molecule has 1 amide bonds. The molecule has 3 fully saturated rings. The van der Waals surface area contributed by atoms with E-state index in [2.05, 4.69) is 20.0 Å². The van der Waals surface area contributed by atoms with Gasteiger partial charge in [0, 0.05) is 62.4 Å². The quantitative estimate of drug-likeness (QED) is 0.286. The van der Waals surface area contributed by atoms with Crippen LogP contribution in [0, 0.1) is 5.82 Å². The fourth-order valence-corrected chi connectivity index (χ4v) is 8.16. The molecule has 2 aromatic heterocycles. The number of carbonyl (C=O) groups excluding carboxylic acids is 1. The van der Waals surface area contributed by atoms with Gasteiger partial charge < -0.3 is 30.7 Å². The lowest BCUT2D eigenvalue weighted by Gasteiger charge is -2.31. The van der Waals surface area contributed by atoms with Gasteiger partial charge in [0.25, 0.3) is 5.91 Å². The predicted octanol–water partition coefficient (Wildman–Crippen LogP) is 4.67. The summed E-state index contributed by atoms with van der Waals surface area (Å²) in [5.74, 6) is -1.02. The number of alkyl halides is 4. The van der Waals surface area contributed by atoms with Gasteiger partial charge in [0.2, 0.25) is 0 Å². The van der Waals surface area contributed by atoms with Gasteiger partial charge in [-0.25, -0.2) is 8.78 Å². The van der Waals surface area contributed by atoms with Crippen LogP contribution in [0.5, 0.6) is 6.01 Å². The zero-order chi connectivity index (χ0) is 36.9. The lowest BCUT2D eigenvalue weighted by molar-refractivity contribution is -0.140. The molecular formula is C34H41ClF5N9O3. The maximum atomic E-state index is 15.0. The number of nitrogens with zero attached hydrogens (tertiary/aromatic N) is 7. The van der Waals surface area contributed by atoms with E-state index in [0.29, 0.717) is 74.4 Å². The molecule has 0 aliphatic carbocycles. The number of hydrogen-bond acceptors (Lipinski definition) is 10. The minimum atomic E-state index is -4.82. The third-order valence-electron chi connectivity index (χ3n) is 10.5. The molecule has 52 heavy (non-hydrogen) atoms. The van der Waals surface area contributed by atoms with Crippen molar-refractivity contribution < 1.29 is 36.2 Å². The molecule has 4 unspecified atom stereocenters. The summed E-state index contributed by atoms with van der Waals surface area (Å²) in [5.41, 5.74) is 11.0. The maximum absolute atomic E-state index is 15.0. The summed E-state index contributed by atoms with van der Waals surface area (Å²) < 4.78 is 82.0. The minimum absolute atomic E-state index is 0.0106. The van der Waals surface area contributed by atoms with Gasteiger partial charge in [-0.05, 0) is 50.8 Å². The van der Waals surface area contributed by atoms with E-state index in [1.54, 1.807) is 9.58 Å². The third kappa shape index (κ3) is 7.11. The molecule has 5 aliphatic heterocycles. The average molecular weight is 754 g/mol. The summed E-state index contributed by atoms with van der Waals surface area (Å²) in [6.07, 6.45) is -2.15. The zero-order valence-electron chi connectivity index (χ0n) is 28.6. The Morgan fingerprint density at radius 3 is 2.62 bits per heavy atom. The number of ether oxygens (including phenoxy) is 2. The Morgan fingerprint density at radius 1 is 1.10 bits per heavy atom. The van der Waals surface area contributed by atoms with Crippen LogP contribution in [0.25, 0.3) is 0 Å². The van der Waals surface area contributed by atoms with E-state index in [1.807, 2.05) is 4.90 Å². The van der Waals surface area contributed by atoms with Crippen LogP contribution in [0.3, 0.4) is 0 Å². The number of anilines is 2. The number of likely N-dealkylation sites (tertiary alicyclic amines) is 1. The largest absolute Gasteiger partial charge is 0.467 e. The van der Waals surface area contributed by atoms with Crippen LogP contribution in [0.4, 0.5) is 33.5 Å². The van der Waals surface area contributed by atoms with Crippen LogP contribution < -0.4 is 21.1 Å². The highest BCUT2D eigenvalue weighted by molar-refractivity contribution is 6.34. The Kier molecular flexibility index (Phi) is 10.2. The number of rotatable bonds is 4. The Morgan fingerprint density at radius 2 is 1.90 bits per heavy atom. The van der Waals surface area contributed by atoms with Gasteiger partial charge in [-0.2, -0.15) is 28.2 Å². The first-order valence-electron chi connectivity index (χ1n) is 17.5. The second-order valence-corrected chi connectivity index (χ2v) is 14.3. The molecule has 5 aliphatic rings. The highest BCUT2D eigenvalue weighted by Crippen LogP contribution is 2.43. The third-order valence-corrected chi connectivity index (χ3v) is 10.9. The monoisotopic (exact) mass is 753 g/mol. The van der Waals surface area contributed by atoms with Crippen molar-refractivity contribution in [2.75, 3.05) is 50.5 Å². The van der Waals surface area contributed by atoms with Crippen molar-refractivity contribution in [1.29, 1.82) is 0 Å². The molecule has 3 aromatic rings. The van der Waals surface area contributed by atoms with E-state index in [-0.39, 0.29) is 48.2 Å². The van der Waals surface area contributed by atoms with Crippen molar-refractivity contribution in [1.82, 2.24) is 29.5 Å². The number of fused-ring (bicyclic) bond motifs is 3. The molecule has 3 saturated heterocycles. The summed E-state index contributed by atoms with van der Waals surface area (Å²) in [5, 5.41) is 4.76. The molecule has 4 N–H and O–H groups in total. The van der Waals surface area contributed by atoms with Gasteiger partial charge in [0.05, 0.1) is 54.0 Å². The van der Waals surface area contributed by atoms with Crippen LogP contribution in [0.15, 0.2) is 12.1 Å². The number of nitrogen functional groups attached to an aromatic ring is 1. The van der Waals surface area contributed by atoms with Crippen LogP contribution in [-0.4, -0.2) is 93.5 Å². The normalized spacial score (nSPS) is 24.5. The first-order valence-corrected chi connectivity index (χ1v) is 17.8. The molecule has 0 radical (unpaired) electrons. The van der Waals surface area contributed by atoms with Crippen molar-refractivity contribution in [3.8, 4) is 6.01 Å². The smallest absolute Gasteiger partial charge is 0.416 e. The Bertz CT molecular complexity index is 1820. The number of amides is 1. The predicted molar refractivity (Wildman–Crippen MR) is 181 cm³/mol. The summed E-state index contributed by atoms with van der Waals surface area (Å²) in [6.45, 7) is 3.88. The van der Waals surface area contributed by atoms with E-state index >= 15 is 4.39 Å². The van der Waals surface area contributed by atoms with Crippen molar-refractivity contribution in [2.45, 2.75) is 88.8 Å². The van der Waals surface area contributed by atoms with Crippen LogP contribution in [0.2, 0.25) is 5.02 Å². The molecule has 282 valence electrons. The lowest BCUT2D eigenvalue weighted by Crippen LogP contribution is -2.32. The highest BCUT2D eigenvalue weighted by atomic mass is 35.5. The van der Waals surface area contributed by atoms with E-state index in [9.17, 15) is 22.4 Å². The number of aromatic nitrogens is 4. The number of benzene rings is 1. The second kappa shape index (κ2) is 14.6. The first-order chi connectivity index (χ1) is 24.8. The molecule has 0 spiro atoms. The van der Waals surface area contributed by atoms with Gasteiger partial charge >= 0.3 is 12.2 Å². The van der Waals surface area contributed by atoms with E-state index in [1.165, 1.54) is 20.0 Å². The first kappa shape index (κ1) is 36.6. The van der Waals surface area contributed by atoms with E-state index in [0.717, 1.165) is 25.1 Å². The second-order valence-electron chi connectivity index (χ2n) is 13.9. The Hall–Kier alpha value is -3.80. The molecule has 4 atom stereocenters. The molecule has 0 saturated carbocycles. The molecule has 7 heterocycles.